The van der Waals surface area contributed by atoms with Gasteiger partial charge in [0.2, 0.25) is 6.79 Å². The molecule has 0 spiro atoms. The average molecular weight is 305 g/mol. The quantitative estimate of drug-likeness (QED) is 0.852. The van der Waals surface area contributed by atoms with E-state index in [1.165, 1.54) is 11.3 Å². The fourth-order valence-corrected chi connectivity index (χ4v) is 2.72. The standard InChI is InChI=1S/C14H15N3O3S/c1-7(2)14-17-10(5-21-14)13(18)16-9-4-12-11(3-8(9)15)19-6-20-12/h3-5,7H,6,15H2,1-2H3,(H,16,18). The van der Waals surface area contributed by atoms with Crippen molar-refractivity contribution < 1.29 is 14.3 Å². The van der Waals surface area contributed by atoms with E-state index >= 15 is 0 Å². The summed E-state index contributed by atoms with van der Waals surface area (Å²) < 4.78 is 10.5. The monoisotopic (exact) mass is 305 g/mol. The van der Waals surface area contributed by atoms with E-state index in [2.05, 4.69) is 10.3 Å². The highest BCUT2D eigenvalue weighted by molar-refractivity contribution is 7.09. The normalized spacial score (nSPS) is 12.7. The average Bonchev–Trinajstić information content (AvgIpc) is 3.07. The molecule has 1 aliphatic heterocycles. The van der Waals surface area contributed by atoms with Gasteiger partial charge in [-0.2, -0.15) is 0 Å². The van der Waals surface area contributed by atoms with Gasteiger partial charge in [0.05, 0.1) is 16.4 Å². The number of hydrogen-bond donors (Lipinski definition) is 2. The predicted octanol–water partition coefficient (Wildman–Crippen LogP) is 2.83. The number of aromatic nitrogens is 1. The Balaban J connectivity index is 1.81. The van der Waals surface area contributed by atoms with Crippen molar-refractivity contribution in [1.82, 2.24) is 4.98 Å². The minimum atomic E-state index is -0.288. The highest BCUT2D eigenvalue weighted by Gasteiger charge is 2.19. The van der Waals surface area contributed by atoms with E-state index < -0.39 is 0 Å². The van der Waals surface area contributed by atoms with Crippen LogP contribution in [0.5, 0.6) is 11.5 Å². The third-order valence-corrected chi connectivity index (χ3v) is 4.19. The molecule has 110 valence electrons. The summed E-state index contributed by atoms with van der Waals surface area (Å²) in [4.78, 5) is 16.5. The maximum atomic E-state index is 12.2. The van der Waals surface area contributed by atoms with E-state index in [4.69, 9.17) is 15.2 Å². The Morgan fingerprint density at radius 3 is 2.76 bits per heavy atom. The molecule has 1 amide bonds. The van der Waals surface area contributed by atoms with Crippen molar-refractivity contribution in [1.29, 1.82) is 0 Å². The molecule has 7 heteroatoms. The van der Waals surface area contributed by atoms with Gasteiger partial charge in [-0.05, 0) is 0 Å². The van der Waals surface area contributed by atoms with Gasteiger partial charge in [0.1, 0.15) is 5.69 Å². The molecular formula is C14H15N3O3S. The number of ether oxygens (including phenoxy) is 2. The Kier molecular flexibility index (Phi) is 3.42. The van der Waals surface area contributed by atoms with Gasteiger partial charge in [0.15, 0.2) is 11.5 Å². The zero-order chi connectivity index (χ0) is 15.0. The van der Waals surface area contributed by atoms with Gasteiger partial charge in [-0.3, -0.25) is 4.79 Å². The number of amides is 1. The van der Waals surface area contributed by atoms with Crippen molar-refractivity contribution in [2.45, 2.75) is 19.8 Å². The van der Waals surface area contributed by atoms with Gasteiger partial charge in [0, 0.05) is 23.4 Å². The lowest BCUT2D eigenvalue weighted by Gasteiger charge is -2.08. The van der Waals surface area contributed by atoms with Crippen LogP contribution in [0.3, 0.4) is 0 Å². The smallest absolute Gasteiger partial charge is 0.275 e. The zero-order valence-electron chi connectivity index (χ0n) is 11.7. The molecule has 1 aromatic heterocycles. The van der Waals surface area contributed by atoms with Crippen LogP contribution in [0.15, 0.2) is 17.5 Å². The van der Waals surface area contributed by atoms with Crippen LogP contribution in [0.4, 0.5) is 11.4 Å². The van der Waals surface area contributed by atoms with Gasteiger partial charge in [-0.25, -0.2) is 4.98 Å². The fourth-order valence-electron chi connectivity index (χ4n) is 1.91. The van der Waals surface area contributed by atoms with Gasteiger partial charge in [-0.1, -0.05) is 13.8 Å². The highest BCUT2D eigenvalue weighted by Crippen LogP contribution is 2.38. The molecule has 0 aliphatic carbocycles. The van der Waals surface area contributed by atoms with Crippen molar-refractivity contribution in [3.8, 4) is 11.5 Å². The maximum Gasteiger partial charge on any atom is 0.275 e. The largest absolute Gasteiger partial charge is 0.454 e. The molecule has 0 fully saturated rings. The number of fused-ring (bicyclic) bond motifs is 1. The van der Waals surface area contributed by atoms with E-state index in [1.54, 1.807) is 17.5 Å². The summed E-state index contributed by atoms with van der Waals surface area (Å²) in [5.74, 6) is 1.16. The number of nitrogens with two attached hydrogens (primary N) is 1. The number of hydrogen-bond acceptors (Lipinski definition) is 6. The number of benzene rings is 1. The SMILES string of the molecule is CC(C)c1nc(C(=O)Nc2cc3c(cc2N)OCO3)cs1. The number of nitrogens with zero attached hydrogens (tertiary/aromatic N) is 1. The Hall–Kier alpha value is -2.28. The minimum absolute atomic E-state index is 0.163. The number of carbonyl (C=O) groups is 1. The third-order valence-electron chi connectivity index (χ3n) is 3.04. The minimum Gasteiger partial charge on any atom is -0.454 e. The van der Waals surface area contributed by atoms with Gasteiger partial charge in [0.25, 0.3) is 5.91 Å². The van der Waals surface area contributed by atoms with Crippen LogP contribution in [0.25, 0.3) is 0 Å². The van der Waals surface area contributed by atoms with E-state index in [1.807, 2.05) is 13.8 Å². The second-order valence-corrected chi connectivity index (χ2v) is 5.86. The number of anilines is 2. The van der Waals surface area contributed by atoms with Crippen molar-refractivity contribution in [3.05, 3.63) is 28.2 Å². The number of nitrogen functional groups attached to an aromatic ring is 1. The van der Waals surface area contributed by atoms with E-state index in [0.717, 1.165) is 5.01 Å². The van der Waals surface area contributed by atoms with Crippen LogP contribution in [-0.4, -0.2) is 17.7 Å². The third kappa shape index (κ3) is 2.64. The van der Waals surface area contributed by atoms with Crippen LogP contribution in [0, 0.1) is 0 Å². The predicted molar refractivity (Wildman–Crippen MR) is 81.1 cm³/mol. The van der Waals surface area contributed by atoms with E-state index in [-0.39, 0.29) is 12.7 Å². The summed E-state index contributed by atoms with van der Waals surface area (Å²) in [7, 11) is 0. The lowest BCUT2D eigenvalue weighted by molar-refractivity contribution is 0.102. The van der Waals surface area contributed by atoms with E-state index in [0.29, 0.717) is 34.5 Å². The first-order valence-corrected chi connectivity index (χ1v) is 7.38. The van der Waals surface area contributed by atoms with Gasteiger partial charge < -0.3 is 20.5 Å². The molecule has 2 aromatic rings. The molecule has 0 saturated carbocycles. The first kappa shape index (κ1) is 13.7. The van der Waals surface area contributed by atoms with Crippen molar-refractivity contribution in [2.24, 2.45) is 0 Å². The fraction of sp³-hybridized carbons (Fsp3) is 0.286. The molecular weight excluding hydrogens is 290 g/mol. The van der Waals surface area contributed by atoms with E-state index in [9.17, 15) is 4.79 Å². The summed E-state index contributed by atoms with van der Waals surface area (Å²) in [6, 6.07) is 3.30. The van der Waals surface area contributed by atoms with Crippen LogP contribution < -0.4 is 20.5 Å². The molecule has 3 rings (SSSR count). The molecule has 6 nitrogen and oxygen atoms in total. The second-order valence-electron chi connectivity index (χ2n) is 4.97. The topological polar surface area (TPSA) is 86.5 Å². The first-order chi connectivity index (χ1) is 10.0. The molecule has 0 saturated heterocycles. The van der Waals surface area contributed by atoms with Crippen LogP contribution >= 0.6 is 11.3 Å². The molecule has 0 bridgehead atoms. The zero-order valence-corrected chi connectivity index (χ0v) is 12.5. The van der Waals surface area contributed by atoms with Crippen LogP contribution in [-0.2, 0) is 0 Å². The summed E-state index contributed by atoms with van der Waals surface area (Å²) in [6.45, 7) is 4.24. The molecule has 0 radical (unpaired) electrons. The first-order valence-electron chi connectivity index (χ1n) is 6.50. The Bertz CT molecular complexity index is 697. The second kappa shape index (κ2) is 5.25. The Labute approximate surface area is 125 Å². The van der Waals surface area contributed by atoms with Crippen molar-refractivity contribution in [3.63, 3.8) is 0 Å². The number of nitrogens with one attached hydrogen (secondary N) is 1. The molecule has 2 heterocycles. The lowest BCUT2D eigenvalue weighted by Crippen LogP contribution is -2.13. The number of rotatable bonds is 3. The highest BCUT2D eigenvalue weighted by atomic mass is 32.1. The summed E-state index contributed by atoms with van der Waals surface area (Å²) in [5.41, 5.74) is 7.21. The number of carbonyl (C=O) groups excluding carboxylic acids is 1. The van der Waals surface area contributed by atoms with Gasteiger partial charge >= 0.3 is 0 Å². The molecule has 1 aliphatic rings. The molecule has 0 atom stereocenters. The lowest BCUT2D eigenvalue weighted by atomic mass is 10.2. The van der Waals surface area contributed by atoms with Gasteiger partial charge in [-0.15, -0.1) is 11.3 Å². The maximum absolute atomic E-state index is 12.2. The molecule has 21 heavy (non-hydrogen) atoms. The molecule has 3 N–H and O–H groups in total. The van der Waals surface area contributed by atoms with Crippen LogP contribution in [0.1, 0.15) is 35.3 Å². The Morgan fingerprint density at radius 1 is 1.38 bits per heavy atom. The molecule has 0 unspecified atom stereocenters. The van der Waals surface area contributed by atoms with Crippen molar-refractivity contribution in [2.75, 3.05) is 17.8 Å². The molecule has 1 aromatic carbocycles. The summed E-state index contributed by atoms with van der Waals surface area (Å²) in [6.07, 6.45) is 0. The summed E-state index contributed by atoms with van der Waals surface area (Å²) >= 11 is 1.47. The van der Waals surface area contributed by atoms with Crippen molar-refractivity contribution >= 4 is 28.6 Å². The summed E-state index contributed by atoms with van der Waals surface area (Å²) in [5, 5.41) is 5.43. The Morgan fingerprint density at radius 2 is 2.10 bits per heavy atom. The number of thiazole rings is 1. The van der Waals surface area contributed by atoms with Crippen LogP contribution in [0.2, 0.25) is 0 Å².